The van der Waals surface area contributed by atoms with Crippen molar-refractivity contribution in [1.29, 1.82) is 0 Å². The Bertz CT molecular complexity index is 691. The van der Waals surface area contributed by atoms with Crippen molar-refractivity contribution in [3.63, 3.8) is 0 Å². The predicted octanol–water partition coefficient (Wildman–Crippen LogP) is 4.24. The molecule has 1 atom stereocenters. The predicted molar refractivity (Wildman–Crippen MR) is 88.1 cm³/mol. The van der Waals surface area contributed by atoms with Crippen LogP contribution in [0.25, 0.3) is 0 Å². The van der Waals surface area contributed by atoms with Gasteiger partial charge in [0.25, 0.3) is 0 Å². The Balaban J connectivity index is 2.48. The molecule has 0 aliphatic carbocycles. The average molecular weight is 339 g/mol. The molecule has 0 amide bonds. The van der Waals surface area contributed by atoms with Crippen molar-refractivity contribution >= 4 is 29.1 Å². The minimum atomic E-state index is -0.652. The Morgan fingerprint density at radius 1 is 1.41 bits per heavy atom. The van der Waals surface area contributed by atoms with E-state index in [4.69, 9.17) is 17.3 Å². The molecule has 0 aliphatic rings. The van der Waals surface area contributed by atoms with Gasteiger partial charge in [0.05, 0.1) is 15.6 Å². The molecule has 6 heteroatoms. The van der Waals surface area contributed by atoms with E-state index in [1.807, 2.05) is 13.2 Å². The van der Waals surface area contributed by atoms with E-state index in [0.29, 0.717) is 17.5 Å². The summed E-state index contributed by atoms with van der Waals surface area (Å²) in [5.74, 6) is -1.14. The lowest BCUT2D eigenvalue weighted by atomic mass is 9.97. The third-order valence-electron chi connectivity index (χ3n) is 3.40. The highest BCUT2D eigenvalue weighted by molar-refractivity contribution is 7.98. The van der Waals surface area contributed by atoms with Gasteiger partial charge >= 0.3 is 0 Å². The SMILES string of the molecule is CC[C@@H](N)c1ccc(Cl)c(C(=O)c2ccc(SC)nc2)c1F. The Kier molecular flexibility index (Phi) is 5.56. The summed E-state index contributed by atoms with van der Waals surface area (Å²) in [6, 6.07) is 5.89. The highest BCUT2D eigenvalue weighted by Gasteiger charge is 2.22. The van der Waals surface area contributed by atoms with Gasteiger partial charge in [-0.25, -0.2) is 9.37 Å². The maximum absolute atomic E-state index is 14.6. The van der Waals surface area contributed by atoms with Crippen LogP contribution in [-0.2, 0) is 0 Å². The van der Waals surface area contributed by atoms with Gasteiger partial charge in [-0.05, 0) is 30.9 Å². The summed E-state index contributed by atoms with van der Waals surface area (Å²) in [4.78, 5) is 16.7. The molecule has 3 nitrogen and oxygen atoms in total. The topological polar surface area (TPSA) is 56.0 Å². The maximum Gasteiger partial charge on any atom is 0.199 e. The molecule has 2 N–H and O–H groups in total. The van der Waals surface area contributed by atoms with Crippen LogP contribution >= 0.6 is 23.4 Å². The first-order valence-electron chi connectivity index (χ1n) is 6.77. The Hall–Kier alpha value is -1.43. The van der Waals surface area contributed by atoms with E-state index in [1.54, 1.807) is 12.1 Å². The molecule has 0 radical (unpaired) electrons. The van der Waals surface area contributed by atoms with E-state index >= 15 is 0 Å². The van der Waals surface area contributed by atoms with E-state index in [9.17, 15) is 9.18 Å². The molecule has 0 bridgehead atoms. The fraction of sp³-hybridized carbons (Fsp3) is 0.250. The normalized spacial score (nSPS) is 12.2. The molecular formula is C16H16ClFN2OS. The third-order valence-corrected chi connectivity index (χ3v) is 4.37. The van der Waals surface area contributed by atoms with Crippen LogP contribution in [0, 0.1) is 5.82 Å². The van der Waals surface area contributed by atoms with Gasteiger partial charge in [-0.1, -0.05) is 24.6 Å². The molecule has 0 saturated carbocycles. The molecule has 0 spiro atoms. The zero-order valence-electron chi connectivity index (χ0n) is 12.3. The first-order valence-corrected chi connectivity index (χ1v) is 8.38. The van der Waals surface area contributed by atoms with Crippen molar-refractivity contribution in [3.8, 4) is 0 Å². The van der Waals surface area contributed by atoms with Crippen LogP contribution in [0.3, 0.4) is 0 Å². The van der Waals surface area contributed by atoms with Crippen molar-refractivity contribution < 1.29 is 9.18 Å². The van der Waals surface area contributed by atoms with Crippen molar-refractivity contribution in [3.05, 3.63) is 58.0 Å². The van der Waals surface area contributed by atoms with Crippen molar-refractivity contribution in [2.24, 2.45) is 5.73 Å². The van der Waals surface area contributed by atoms with E-state index in [2.05, 4.69) is 4.98 Å². The van der Waals surface area contributed by atoms with Crippen molar-refractivity contribution in [2.45, 2.75) is 24.4 Å². The summed E-state index contributed by atoms with van der Waals surface area (Å²) in [7, 11) is 0. The highest BCUT2D eigenvalue weighted by Crippen LogP contribution is 2.28. The minimum Gasteiger partial charge on any atom is -0.324 e. The lowest BCUT2D eigenvalue weighted by Crippen LogP contribution is -2.14. The molecule has 2 aromatic rings. The van der Waals surface area contributed by atoms with Gasteiger partial charge in [0, 0.05) is 23.4 Å². The Labute approximate surface area is 138 Å². The quantitative estimate of drug-likeness (QED) is 0.654. The molecule has 2 rings (SSSR count). The molecule has 0 unspecified atom stereocenters. The number of carbonyl (C=O) groups is 1. The van der Waals surface area contributed by atoms with E-state index in [1.165, 1.54) is 30.1 Å². The van der Waals surface area contributed by atoms with Gasteiger partial charge in [-0.2, -0.15) is 0 Å². The van der Waals surface area contributed by atoms with Crippen molar-refractivity contribution in [2.75, 3.05) is 6.26 Å². The van der Waals surface area contributed by atoms with E-state index in [-0.39, 0.29) is 10.6 Å². The van der Waals surface area contributed by atoms with Crippen LogP contribution in [0.4, 0.5) is 4.39 Å². The Morgan fingerprint density at radius 2 is 2.14 bits per heavy atom. The summed E-state index contributed by atoms with van der Waals surface area (Å²) >= 11 is 7.49. The van der Waals surface area contributed by atoms with Crippen LogP contribution in [0.2, 0.25) is 5.02 Å². The second-order valence-electron chi connectivity index (χ2n) is 4.76. The zero-order valence-corrected chi connectivity index (χ0v) is 13.8. The molecule has 1 heterocycles. The van der Waals surface area contributed by atoms with Gasteiger partial charge in [-0.15, -0.1) is 11.8 Å². The van der Waals surface area contributed by atoms with E-state index in [0.717, 1.165) is 5.03 Å². The van der Waals surface area contributed by atoms with Crippen LogP contribution in [0.5, 0.6) is 0 Å². The second kappa shape index (κ2) is 7.22. The number of nitrogens with zero attached hydrogens (tertiary/aromatic N) is 1. The number of ketones is 1. The summed E-state index contributed by atoms with van der Waals surface area (Å²) in [6.07, 6.45) is 3.88. The molecule has 0 aliphatic heterocycles. The van der Waals surface area contributed by atoms with Gasteiger partial charge in [0.1, 0.15) is 5.82 Å². The fourth-order valence-electron chi connectivity index (χ4n) is 2.06. The summed E-state index contributed by atoms with van der Waals surface area (Å²) in [6.45, 7) is 1.85. The summed E-state index contributed by atoms with van der Waals surface area (Å²) in [5, 5.41) is 0.855. The van der Waals surface area contributed by atoms with Gasteiger partial charge in [0.15, 0.2) is 5.78 Å². The first kappa shape index (κ1) is 16.9. The number of aromatic nitrogens is 1. The number of hydrogen-bond acceptors (Lipinski definition) is 4. The minimum absolute atomic E-state index is 0.0727. The third kappa shape index (κ3) is 3.32. The second-order valence-corrected chi connectivity index (χ2v) is 5.99. The number of benzene rings is 1. The molecule has 0 fully saturated rings. The average Bonchev–Trinajstić information content (AvgIpc) is 2.54. The fourth-order valence-corrected chi connectivity index (χ4v) is 2.66. The number of hydrogen-bond donors (Lipinski definition) is 1. The largest absolute Gasteiger partial charge is 0.324 e. The lowest BCUT2D eigenvalue weighted by Gasteiger charge is -2.14. The monoisotopic (exact) mass is 338 g/mol. The molecular weight excluding hydrogens is 323 g/mol. The summed E-state index contributed by atoms with van der Waals surface area (Å²) in [5.41, 5.74) is 6.32. The summed E-state index contributed by atoms with van der Waals surface area (Å²) < 4.78 is 14.6. The Morgan fingerprint density at radius 3 is 2.68 bits per heavy atom. The van der Waals surface area contributed by atoms with E-state index < -0.39 is 17.6 Å². The molecule has 0 saturated heterocycles. The van der Waals surface area contributed by atoms with Crippen molar-refractivity contribution in [1.82, 2.24) is 4.98 Å². The molecule has 1 aromatic carbocycles. The molecule has 116 valence electrons. The number of nitrogens with two attached hydrogens (primary N) is 1. The number of thioether (sulfide) groups is 1. The van der Waals surface area contributed by atoms with Gasteiger partial charge in [0.2, 0.25) is 0 Å². The zero-order chi connectivity index (χ0) is 16.3. The standard InChI is InChI=1S/C16H16ClFN2OS/c1-3-12(19)10-5-6-11(17)14(15(10)18)16(21)9-4-7-13(22-2)20-8-9/h4-8,12H,3,19H2,1-2H3/t12-/m1/s1. The van der Waals surface area contributed by atoms with Crippen LogP contribution in [0.15, 0.2) is 35.5 Å². The van der Waals surface area contributed by atoms with Gasteiger partial charge < -0.3 is 5.73 Å². The van der Waals surface area contributed by atoms with Crippen LogP contribution < -0.4 is 5.73 Å². The van der Waals surface area contributed by atoms with Crippen LogP contribution in [-0.4, -0.2) is 17.0 Å². The number of pyridine rings is 1. The van der Waals surface area contributed by atoms with Gasteiger partial charge in [-0.3, -0.25) is 4.79 Å². The smallest absolute Gasteiger partial charge is 0.199 e. The number of halogens is 2. The molecule has 1 aromatic heterocycles. The highest BCUT2D eigenvalue weighted by atomic mass is 35.5. The first-order chi connectivity index (χ1) is 10.5. The maximum atomic E-state index is 14.6. The lowest BCUT2D eigenvalue weighted by molar-refractivity contribution is 0.103. The van der Waals surface area contributed by atoms with Crippen LogP contribution in [0.1, 0.15) is 40.9 Å². The molecule has 22 heavy (non-hydrogen) atoms. The number of carbonyl (C=O) groups excluding carboxylic acids is 1. The number of rotatable bonds is 5.